The zero-order valence-corrected chi connectivity index (χ0v) is 17.5. The summed E-state index contributed by atoms with van der Waals surface area (Å²) in [5.41, 5.74) is -0.111. The SMILES string of the molecule is COC1(C)CC(NC(=NCc2nnc(C)n2C)NCC2CCCO2)C1(C)C. The largest absolute Gasteiger partial charge is 0.378 e. The van der Waals surface area contributed by atoms with Crippen LogP contribution in [0.2, 0.25) is 0 Å². The Balaban J connectivity index is 1.67. The molecule has 1 aromatic rings. The molecule has 8 heteroatoms. The van der Waals surface area contributed by atoms with Gasteiger partial charge in [-0.15, -0.1) is 10.2 Å². The van der Waals surface area contributed by atoms with E-state index in [0.29, 0.717) is 12.6 Å². The summed E-state index contributed by atoms with van der Waals surface area (Å²) in [4.78, 5) is 4.76. The van der Waals surface area contributed by atoms with Crippen LogP contribution in [0.1, 0.15) is 51.7 Å². The fourth-order valence-electron chi connectivity index (χ4n) is 3.79. The second kappa shape index (κ2) is 7.75. The van der Waals surface area contributed by atoms with E-state index in [-0.39, 0.29) is 17.1 Å². The van der Waals surface area contributed by atoms with Crippen molar-refractivity contribution in [3.63, 3.8) is 0 Å². The van der Waals surface area contributed by atoms with Crippen LogP contribution in [0.15, 0.2) is 4.99 Å². The van der Waals surface area contributed by atoms with E-state index in [9.17, 15) is 0 Å². The van der Waals surface area contributed by atoms with E-state index in [2.05, 4.69) is 41.6 Å². The molecule has 8 nitrogen and oxygen atoms in total. The van der Waals surface area contributed by atoms with Crippen molar-refractivity contribution in [3.8, 4) is 0 Å². The number of aryl methyl sites for hydroxylation is 1. The minimum Gasteiger partial charge on any atom is -0.378 e. The average molecular weight is 379 g/mol. The van der Waals surface area contributed by atoms with Crippen LogP contribution in [0.25, 0.3) is 0 Å². The molecule has 1 aliphatic carbocycles. The summed E-state index contributed by atoms with van der Waals surface area (Å²) in [5.74, 6) is 2.53. The van der Waals surface area contributed by atoms with Crippen molar-refractivity contribution in [3.05, 3.63) is 11.6 Å². The lowest BCUT2D eigenvalue weighted by Gasteiger charge is -2.59. The number of methoxy groups -OCH3 is 1. The van der Waals surface area contributed by atoms with Gasteiger partial charge in [-0.05, 0) is 33.1 Å². The molecular weight excluding hydrogens is 344 g/mol. The van der Waals surface area contributed by atoms with Crippen LogP contribution in [0.5, 0.6) is 0 Å². The molecule has 3 unspecified atom stereocenters. The second-order valence-electron chi connectivity index (χ2n) is 8.46. The molecule has 1 saturated carbocycles. The molecule has 3 rings (SSSR count). The highest BCUT2D eigenvalue weighted by molar-refractivity contribution is 5.80. The van der Waals surface area contributed by atoms with Crippen molar-refractivity contribution in [2.45, 2.75) is 71.2 Å². The number of nitrogens with one attached hydrogen (secondary N) is 2. The number of ether oxygens (including phenoxy) is 2. The van der Waals surface area contributed by atoms with Crippen molar-refractivity contribution in [1.29, 1.82) is 0 Å². The third kappa shape index (κ3) is 3.96. The number of nitrogens with zero attached hydrogens (tertiary/aromatic N) is 4. The summed E-state index contributed by atoms with van der Waals surface area (Å²) in [6.07, 6.45) is 3.43. The smallest absolute Gasteiger partial charge is 0.192 e. The monoisotopic (exact) mass is 378 g/mol. The first-order valence-corrected chi connectivity index (χ1v) is 9.83. The van der Waals surface area contributed by atoms with E-state index < -0.39 is 0 Å². The molecule has 1 aromatic heterocycles. The van der Waals surface area contributed by atoms with Crippen molar-refractivity contribution < 1.29 is 9.47 Å². The highest BCUT2D eigenvalue weighted by Crippen LogP contribution is 2.51. The second-order valence-corrected chi connectivity index (χ2v) is 8.46. The Kier molecular flexibility index (Phi) is 5.76. The molecule has 0 aromatic carbocycles. The molecule has 1 aliphatic heterocycles. The van der Waals surface area contributed by atoms with Crippen molar-refractivity contribution in [2.75, 3.05) is 20.3 Å². The topological polar surface area (TPSA) is 85.6 Å². The van der Waals surface area contributed by atoms with Gasteiger partial charge in [0.25, 0.3) is 0 Å². The maximum atomic E-state index is 5.75. The van der Waals surface area contributed by atoms with E-state index >= 15 is 0 Å². The molecule has 2 heterocycles. The van der Waals surface area contributed by atoms with Crippen LogP contribution >= 0.6 is 0 Å². The predicted octanol–water partition coefficient (Wildman–Crippen LogP) is 1.54. The molecule has 0 bridgehead atoms. The van der Waals surface area contributed by atoms with E-state index in [0.717, 1.165) is 50.0 Å². The number of hydrogen-bond acceptors (Lipinski definition) is 5. The van der Waals surface area contributed by atoms with Gasteiger partial charge in [0.15, 0.2) is 11.8 Å². The highest BCUT2D eigenvalue weighted by Gasteiger charge is 2.58. The van der Waals surface area contributed by atoms with Crippen molar-refractivity contribution >= 4 is 5.96 Å². The maximum Gasteiger partial charge on any atom is 0.192 e. The fraction of sp³-hybridized carbons (Fsp3) is 0.842. The van der Waals surface area contributed by atoms with E-state index in [1.165, 1.54) is 0 Å². The van der Waals surface area contributed by atoms with Gasteiger partial charge in [-0.25, -0.2) is 4.99 Å². The Morgan fingerprint density at radius 2 is 2.15 bits per heavy atom. The van der Waals surface area contributed by atoms with Crippen LogP contribution in [-0.4, -0.2) is 58.7 Å². The minimum absolute atomic E-state index is 0.00935. The van der Waals surface area contributed by atoms with Gasteiger partial charge in [-0.2, -0.15) is 0 Å². The number of aromatic nitrogens is 3. The van der Waals surface area contributed by atoms with Gasteiger partial charge in [-0.3, -0.25) is 0 Å². The van der Waals surface area contributed by atoms with Gasteiger partial charge in [0.1, 0.15) is 12.4 Å². The highest BCUT2D eigenvalue weighted by atomic mass is 16.5. The first-order chi connectivity index (χ1) is 12.8. The Morgan fingerprint density at radius 3 is 2.70 bits per heavy atom. The maximum absolute atomic E-state index is 5.75. The molecule has 152 valence electrons. The Labute approximate surface area is 162 Å². The third-order valence-corrected chi connectivity index (χ3v) is 6.67. The average Bonchev–Trinajstić information content (AvgIpc) is 3.27. The molecule has 27 heavy (non-hydrogen) atoms. The molecule has 2 aliphatic rings. The molecule has 3 atom stereocenters. The Bertz CT molecular complexity index is 680. The third-order valence-electron chi connectivity index (χ3n) is 6.67. The normalized spacial score (nSPS) is 30.2. The fourth-order valence-corrected chi connectivity index (χ4v) is 3.79. The van der Waals surface area contributed by atoms with Gasteiger partial charge in [0, 0.05) is 38.8 Å². The van der Waals surface area contributed by atoms with Crippen LogP contribution in [0.4, 0.5) is 0 Å². The lowest BCUT2D eigenvalue weighted by atomic mass is 9.56. The minimum atomic E-state index is -0.120. The van der Waals surface area contributed by atoms with Crippen LogP contribution in [0.3, 0.4) is 0 Å². The molecule has 0 radical (unpaired) electrons. The van der Waals surface area contributed by atoms with Gasteiger partial charge in [-0.1, -0.05) is 13.8 Å². The molecule has 2 N–H and O–H groups in total. The van der Waals surface area contributed by atoms with Crippen LogP contribution in [-0.2, 0) is 23.1 Å². The van der Waals surface area contributed by atoms with Crippen LogP contribution < -0.4 is 10.6 Å². The van der Waals surface area contributed by atoms with Crippen molar-refractivity contribution in [2.24, 2.45) is 17.5 Å². The number of hydrogen-bond donors (Lipinski definition) is 2. The molecular formula is C19H34N6O2. The summed E-state index contributed by atoms with van der Waals surface area (Å²) in [7, 11) is 3.76. The number of aliphatic imine (C=N–C) groups is 1. The number of rotatable bonds is 6. The zero-order valence-electron chi connectivity index (χ0n) is 17.5. The molecule has 0 amide bonds. The van der Waals surface area contributed by atoms with Gasteiger partial charge in [0.05, 0.1) is 11.7 Å². The number of guanidine groups is 1. The van der Waals surface area contributed by atoms with Gasteiger partial charge >= 0.3 is 0 Å². The van der Waals surface area contributed by atoms with Gasteiger partial charge < -0.3 is 24.7 Å². The Morgan fingerprint density at radius 1 is 1.37 bits per heavy atom. The first-order valence-electron chi connectivity index (χ1n) is 9.83. The summed E-state index contributed by atoms with van der Waals surface area (Å²) < 4.78 is 13.5. The van der Waals surface area contributed by atoms with Crippen molar-refractivity contribution in [1.82, 2.24) is 25.4 Å². The summed E-state index contributed by atoms with van der Waals surface area (Å²) in [6.45, 7) is 10.7. The summed E-state index contributed by atoms with van der Waals surface area (Å²) in [6, 6.07) is 0.291. The zero-order chi connectivity index (χ0) is 19.7. The lowest BCUT2D eigenvalue weighted by molar-refractivity contribution is -0.176. The lowest BCUT2D eigenvalue weighted by Crippen LogP contribution is -2.69. The van der Waals surface area contributed by atoms with E-state index in [4.69, 9.17) is 14.5 Å². The van der Waals surface area contributed by atoms with Gasteiger partial charge in [0.2, 0.25) is 0 Å². The van der Waals surface area contributed by atoms with Crippen LogP contribution in [0, 0.1) is 12.3 Å². The molecule has 0 spiro atoms. The molecule has 1 saturated heterocycles. The standard InChI is InChI=1S/C19H34N6O2/c1-13-23-24-16(25(13)5)12-21-17(20-11-14-8-7-9-27-14)22-15-10-19(4,26-6)18(15,2)3/h14-15H,7-12H2,1-6H3,(H2,20,21,22). The van der Waals surface area contributed by atoms with E-state index in [1.807, 2.05) is 18.5 Å². The predicted molar refractivity (Wildman–Crippen MR) is 105 cm³/mol. The van der Waals surface area contributed by atoms with E-state index in [1.54, 1.807) is 7.11 Å². The Hall–Kier alpha value is -1.67. The first kappa shape index (κ1) is 20.1. The quantitative estimate of drug-likeness (QED) is 0.577. The summed E-state index contributed by atoms with van der Waals surface area (Å²) >= 11 is 0. The summed E-state index contributed by atoms with van der Waals surface area (Å²) in [5, 5.41) is 15.4. The molecule has 2 fully saturated rings.